The van der Waals surface area contributed by atoms with Crippen LogP contribution in [0.5, 0.6) is 0 Å². The van der Waals surface area contributed by atoms with Crippen molar-refractivity contribution in [3.63, 3.8) is 0 Å². The van der Waals surface area contributed by atoms with Gasteiger partial charge in [-0.25, -0.2) is 4.79 Å². The molecule has 0 spiro atoms. The number of carbonyl (C=O) groups excluding carboxylic acids is 4. The van der Waals surface area contributed by atoms with Crippen LogP contribution in [0.15, 0.2) is 0 Å². The minimum atomic E-state index is -1.35. The van der Waals surface area contributed by atoms with Gasteiger partial charge in [0, 0.05) is 18.4 Å². The number of hydrogen-bond acceptors (Lipinski definition) is 7. The van der Waals surface area contributed by atoms with E-state index in [0.29, 0.717) is 25.8 Å². The van der Waals surface area contributed by atoms with Gasteiger partial charge in [-0.05, 0) is 26.7 Å². The van der Waals surface area contributed by atoms with E-state index < -0.39 is 46.4 Å². The third kappa shape index (κ3) is 2.34. The summed E-state index contributed by atoms with van der Waals surface area (Å²) in [6, 6.07) is 0. The first-order valence-corrected chi connectivity index (χ1v) is 8.98. The van der Waals surface area contributed by atoms with Gasteiger partial charge in [0.1, 0.15) is 6.54 Å². The maximum Gasteiger partial charge on any atom is 0.352 e. The highest BCUT2D eigenvalue weighted by atomic mass is 16.6. The minimum Gasteiger partial charge on any atom is -0.465 e. The zero-order chi connectivity index (χ0) is 19.3. The Bertz CT molecular complexity index is 672. The van der Waals surface area contributed by atoms with Crippen LogP contribution in [0.4, 0.5) is 0 Å². The second-order valence-corrected chi connectivity index (χ2v) is 7.92. The highest BCUT2D eigenvalue weighted by Crippen LogP contribution is 2.65. The second-order valence-electron chi connectivity index (χ2n) is 7.92. The molecule has 26 heavy (non-hydrogen) atoms. The first-order valence-electron chi connectivity index (χ1n) is 8.98. The Morgan fingerprint density at radius 2 is 1.92 bits per heavy atom. The van der Waals surface area contributed by atoms with Crippen LogP contribution in [0.3, 0.4) is 0 Å². The summed E-state index contributed by atoms with van der Waals surface area (Å²) in [5.74, 6) is -1.99. The van der Waals surface area contributed by atoms with Gasteiger partial charge >= 0.3 is 17.9 Å². The van der Waals surface area contributed by atoms with E-state index in [1.54, 1.807) is 13.8 Å². The zero-order valence-electron chi connectivity index (χ0n) is 15.6. The number of amides is 1. The molecular formula is C18H25NO7. The van der Waals surface area contributed by atoms with Crippen LogP contribution in [-0.2, 0) is 33.4 Å². The molecule has 2 aliphatic heterocycles. The molecule has 1 amide bonds. The second kappa shape index (κ2) is 5.96. The van der Waals surface area contributed by atoms with E-state index in [0.717, 1.165) is 0 Å². The number of nitrogens with zero attached hydrogens (tertiary/aromatic N) is 1. The van der Waals surface area contributed by atoms with Crippen molar-refractivity contribution in [1.29, 1.82) is 0 Å². The molecule has 3 atom stereocenters. The summed E-state index contributed by atoms with van der Waals surface area (Å²) in [6.07, 6.45) is 0.259. The lowest BCUT2D eigenvalue weighted by Crippen LogP contribution is -2.50. The molecule has 0 N–H and O–H groups in total. The lowest BCUT2D eigenvalue weighted by Gasteiger charge is -2.35. The predicted molar refractivity (Wildman–Crippen MR) is 87.7 cm³/mol. The molecule has 3 rings (SSSR count). The molecule has 144 valence electrons. The number of ether oxygens (including phenoxy) is 3. The molecular weight excluding hydrogens is 342 g/mol. The maximum atomic E-state index is 12.9. The number of likely N-dealkylation sites (tertiary alicyclic amines) is 1. The standard InChI is InChI=1S/C18H25NO7/c1-5-24-12(20)10-19-9-6-11(13(19)21)25-15(23)18-8-7-17(4,14(22)26-18)16(18,2)3/h11H,5-10H2,1-4H3. The average molecular weight is 367 g/mol. The van der Waals surface area contributed by atoms with Crippen molar-refractivity contribution in [2.75, 3.05) is 19.7 Å². The van der Waals surface area contributed by atoms with Crippen LogP contribution in [0.1, 0.15) is 47.0 Å². The lowest BCUT2D eigenvalue weighted by molar-refractivity contribution is -0.188. The molecule has 3 unspecified atom stereocenters. The van der Waals surface area contributed by atoms with Crippen molar-refractivity contribution in [3.8, 4) is 0 Å². The topological polar surface area (TPSA) is 99.2 Å². The van der Waals surface area contributed by atoms with Gasteiger partial charge in [-0.1, -0.05) is 13.8 Å². The SMILES string of the molecule is CCOC(=O)CN1CCC(OC(=O)C23CCC(C)(C(=O)O2)C3(C)C)C1=O. The molecule has 1 saturated carbocycles. The van der Waals surface area contributed by atoms with Gasteiger partial charge in [-0.3, -0.25) is 14.4 Å². The van der Waals surface area contributed by atoms with Crippen molar-refractivity contribution >= 4 is 23.8 Å². The molecule has 3 fully saturated rings. The average Bonchev–Trinajstić information content (AvgIpc) is 3.05. The molecule has 2 bridgehead atoms. The molecule has 0 radical (unpaired) electrons. The van der Waals surface area contributed by atoms with Crippen molar-refractivity contribution in [3.05, 3.63) is 0 Å². The fourth-order valence-electron chi connectivity index (χ4n) is 4.27. The van der Waals surface area contributed by atoms with Gasteiger partial charge in [-0.15, -0.1) is 0 Å². The van der Waals surface area contributed by atoms with Gasteiger partial charge in [-0.2, -0.15) is 0 Å². The maximum absolute atomic E-state index is 12.9. The third-order valence-corrected chi connectivity index (χ3v) is 6.54. The van der Waals surface area contributed by atoms with Crippen LogP contribution in [0.2, 0.25) is 0 Å². The molecule has 2 saturated heterocycles. The zero-order valence-corrected chi connectivity index (χ0v) is 15.6. The van der Waals surface area contributed by atoms with Crippen molar-refractivity contribution in [1.82, 2.24) is 4.90 Å². The fraction of sp³-hybridized carbons (Fsp3) is 0.778. The summed E-state index contributed by atoms with van der Waals surface area (Å²) >= 11 is 0. The number of carbonyl (C=O) groups is 4. The molecule has 2 heterocycles. The molecule has 0 aromatic heterocycles. The summed E-state index contributed by atoms with van der Waals surface area (Å²) in [6.45, 7) is 7.53. The van der Waals surface area contributed by atoms with E-state index in [-0.39, 0.29) is 13.2 Å². The highest BCUT2D eigenvalue weighted by molar-refractivity contribution is 5.95. The van der Waals surface area contributed by atoms with Gasteiger partial charge in [0.25, 0.3) is 5.91 Å². The minimum absolute atomic E-state index is 0.162. The molecule has 0 aromatic carbocycles. The van der Waals surface area contributed by atoms with Gasteiger partial charge < -0.3 is 19.1 Å². The van der Waals surface area contributed by atoms with Crippen LogP contribution in [-0.4, -0.2) is 60.1 Å². The Morgan fingerprint density at radius 1 is 1.23 bits per heavy atom. The number of esters is 3. The highest BCUT2D eigenvalue weighted by Gasteiger charge is 2.76. The largest absolute Gasteiger partial charge is 0.465 e. The van der Waals surface area contributed by atoms with E-state index >= 15 is 0 Å². The third-order valence-electron chi connectivity index (χ3n) is 6.54. The van der Waals surface area contributed by atoms with E-state index in [1.165, 1.54) is 4.90 Å². The Labute approximate surface area is 152 Å². The van der Waals surface area contributed by atoms with Crippen molar-refractivity contribution in [2.45, 2.75) is 58.7 Å². The Balaban J connectivity index is 1.69. The lowest BCUT2D eigenvalue weighted by atomic mass is 9.66. The van der Waals surface area contributed by atoms with Crippen LogP contribution in [0, 0.1) is 10.8 Å². The van der Waals surface area contributed by atoms with E-state index in [4.69, 9.17) is 14.2 Å². The van der Waals surface area contributed by atoms with Crippen LogP contribution in [0.25, 0.3) is 0 Å². The molecule has 1 aliphatic carbocycles. The van der Waals surface area contributed by atoms with E-state index in [9.17, 15) is 19.2 Å². The van der Waals surface area contributed by atoms with Gasteiger partial charge in [0.05, 0.1) is 12.0 Å². The molecule has 3 aliphatic rings. The van der Waals surface area contributed by atoms with Crippen LogP contribution < -0.4 is 0 Å². The fourth-order valence-corrected chi connectivity index (χ4v) is 4.27. The first-order chi connectivity index (χ1) is 12.1. The summed E-state index contributed by atoms with van der Waals surface area (Å²) < 4.78 is 15.8. The van der Waals surface area contributed by atoms with E-state index in [1.807, 2.05) is 13.8 Å². The quantitative estimate of drug-likeness (QED) is 0.524. The Kier molecular flexibility index (Phi) is 4.28. The van der Waals surface area contributed by atoms with E-state index in [2.05, 4.69) is 0 Å². The van der Waals surface area contributed by atoms with Gasteiger partial charge in [0.15, 0.2) is 6.10 Å². The summed E-state index contributed by atoms with van der Waals surface area (Å²) in [5.41, 5.74) is -2.81. The number of rotatable bonds is 5. The molecule has 0 aromatic rings. The molecule has 8 heteroatoms. The summed E-state index contributed by atoms with van der Waals surface area (Å²) in [4.78, 5) is 50.5. The molecule has 8 nitrogen and oxygen atoms in total. The monoisotopic (exact) mass is 367 g/mol. The predicted octanol–water partition coefficient (Wildman–Crippen LogP) is 0.815. The summed E-state index contributed by atoms with van der Waals surface area (Å²) in [7, 11) is 0. The number of fused-ring (bicyclic) bond motifs is 2. The summed E-state index contributed by atoms with van der Waals surface area (Å²) in [5, 5.41) is 0. The van der Waals surface area contributed by atoms with Crippen LogP contribution >= 0.6 is 0 Å². The normalized spacial score (nSPS) is 34.8. The Hall–Kier alpha value is -2.12. The number of hydrogen-bond donors (Lipinski definition) is 0. The van der Waals surface area contributed by atoms with Gasteiger partial charge in [0.2, 0.25) is 5.60 Å². The Morgan fingerprint density at radius 3 is 2.46 bits per heavy atom. The smallest absolute Gasteiger partial charge is 0.352 e. The van der Waals surface area contributed by atoms with Crippen molar-refractivity contribution < 1.29 is 33.4 Å². The first kappa shape index (κ1) is 18.7. The van der Waals surface area contributed by atoms with Crippen molar-refractivity contribution in [2.24, 2.45) is 10.8 Å².